The number of hydrogen-bond acceptors (Lipinski definition) is 3. The average molecular weight is 321 g/mol. The molecular formula is C11H11BrF2N2O2. The van der Waals surface area contributed by atoms with Crippen molar-refractivity contribution in [1.82, 2.24) is 0 Å². The number of aryl methyl sites for hydroxylation is 1. The van der Waals surface area contributed by atoms with E-state index in [-0.39, 0.29) is 24.3 Å². The summed E-state index contributed by atoms with van der Waals surface area (Å²) in [6.45, 7) is 1.38. The monoisotopic (exact) mass is 320 g/mol. The van der Waals surface area contributed by atoms with Crippen LogP contribution in [0, 0.1) is 17.0 Å². The highest BCUT2D eigenvalue weighted by atomic mass is 79.9. The molecule has 0 saturated carbocycles. The Bertz CT molecular complexity index is 508. The van der Waals surface area contributed by atoms with Gasteiger partial charge in [0.25, 0.3) is 11.6 Å². The first-order valence-corrected chi connectivity index (χ1v) is 6.17. The summed E-state index contributed by atoms with van der Waals surface area (Å²) in [5.74, 6) is -2.77. The van der Waals surface area contributed by atoms with Crippen LogP contribution >= 0.6 is 15.9 Å². The first-order chi connectivity index (χ1) is 8.30. The largest absolute Gasteiger partial charge is 0.360 e. The van der Waals surface area contributed by atoms with Gasteiger partial charge in [0, 0.05) is 23.5 Å². The number of alkyl halides is 2. The molecule has 18 heavy (non-hydrogen) atoms. The zero-order valence-electron chi connectivity index (χ0n) is 9.62. The standard InChI is InChI=1S/C11H11BrF2N2O2/c1-7-4-10(16(17)18)9(5-8(7)12)15-3-2-11(13,14)6-15/h4-5H,2-3,6H2,1H3. The normalized spacial score (nSPS) is 18.1. The van der Waals surface area contributed by atoms with Gasteiger partial charge in [-0.3, -0.25) is 10.1 Å². The minimum Gasteiger partial charge on any atom is -0.360 e. The molecule has 1 aromatic rings. The van der Waals surface area contributed by atoms with Crippen LogP contribution in [0.2, 0.25) is 0 Å². The highest BCUT2D eigenvalue weighted by Gasteiger charge is 2.40. The smallest absolute Gasteiger partial charge is 0.292 e. The summed E-state index contributed by atoms with van der Waals surface area (Å²) in [4.78, 5) is 11.8. The number of nitro benzene ring substituents is 1. The van der Waals surface area contributed by atoms with E-state index < -0.39 is 17.4 Å². The van der Waals surface area contributed by atoms with Crippen LogP contribution in [0.3, 0.4) is 0 Å². The lowest BCUT2D eigenvalue weighted by Gasteiger charge is -2.19. The highest BCUT2D eigenvalue weighted by Crippen LogP contribution is 2.38. The molecule has 0 aliphatic carbocycles. The first kappa shape index (κ1) is 13.2. The SMILES string of the molecule is Cc1cc([N+](=O)[O-])c(N2CCC(F)(F)C2)cc1Br. The Hall–Kier alpha value is -1.24. The third-order valence-corrected chi connectivity index (χ3v) is 3.82. The molecule has 0 amide bonds. The fourth-order valence-electron chi connectivity index (χ4n) is 2.00. The maximum absolute atomic E-state index is 13.2. The second-order valence-electron chi connectivity index (χ2n) is 4.37. The molecule has 1 heterocycles. The molecule has 0 atom stereocenters. The number of nitrogens with zero attached hydrogens (tertiary/aromatic N) is 2. The molecule has 98 valence electrons. The van der Waals surface area contributed by atoms with Crippen LogP contribution in [0.15, 0.2) is 16.6 Å². The van der Waals surface area contributed by atoms with Gasteiger partial charge in [-0.1, -0.05) is 15.9 Å². The second kappa shape index (κ2) is 4.46. The predicted octanol–water partition coefficient (Wildman–Crippen LogP) is 3.51. The van der Waals surface area contributed by atoms with Gasteiger partial charge in [-0.05, 0) is 18.6 Å². The number of hydrogen-bond donors (Lipinski definition) is 0. The van der Waals surface area contributed by atoms with E-state index in [4.69, 9.17) is 0 Å². The van der Waals surface area contributed by atoms with Crippen LogP contribution in [0.5, 0.6) is 0 Å². The Balaban J connectivity index is 2.44. The number of nitro groups is 1. The van der Waals surface area contributed by atoms with Crippen LogP contribution in [-0.2, 0) is 0 Å². The molecule has 0 unspecified atom stereocenters. The molecule has 4 nitrogen and oxygen atoms in total. The molecule has 1 aliphatic rings. The van der Waals surface area contributed by atoms with Crippen LogP contribution in [-0.4, -0.2) is 23.9 Å². The molecule has 1 saturated heterocycles. The Morgan fingerprint density at radius 3 is 2.67 bits per heavy atom. The molecule has 2 rings (SSSR count). The van der Waals surface area contributed by atoms with Gasteiger partial charge < -0.3 is 4.90 Å². The molecule has 1 aliphatic heterocycles. The van der Waals surface area contributed by atoms with Gasteiger partial charge in [-0.25, -0.2) is 8.78 Å². The van der Waals surface area contributed by atoms with Crippen molar-refractivity contribution in [3.8, 4) is 0 Å². The lowest BCUT2D eigenvalue weighted by Crippen LogP contribution is -2.25. The Kier molecular flexibility index (Phi) is 3.27. The van der Waals surface area contributed by atoms with Crippen LogP contribution in [0.4, 0.5) is 20.2 Å². The first-order valence-electron chi connectivity index (χ1n) is 5.37. The summed E-state index contributed by atoms with van der Waals surface area (Å²) in [6, 6.07) is 2.94. The van der Waals surface area contributed by atoms with Crippen LogP contribution < -0.4 is 4.90 Å². The number of benzene rings is 1. The van der Waals surface area contributed by atoms with E-state index in [0.717, 1.165) is 0 Å². The Morgan fingerprint density at radius 1 is 1.50 bits per heavy atom. The molecule has 0 spiro atoms. The minimum atomic E-state index is -2.77. The topological polar surface area (TPSA) is 46.4 Å². The lowest BCUT2D eigenvalue weighted by molar-refractivity contribution is -0.384. The van der Waals surface area contributed by atoms with Crippen molar-refractivity contribution in [1.29, 1.82) is 0 Å². The van der Waals surface area contributed by atoms with E-state index in [0.29, 0.717) is 10.0 Å². The fourth-order valence-corrected chi connectivity index (χ4v) is 2.33. The van der Waals surface area contributed by atoms with Gasteiger partial charge in [0.15, 0.2) is 0 Å². The summed E-state index contributed by atoms with van der Waals surface area (Å²) < 4.78 is 27.0. The third-order valence-electron chi connectivity index (χ3n) is 2.96. The number of halogens is 3. The summed E-state index contributed by atoms with van der Waals surface area (Å²) >= 11 is 3.27. The molecule has 0 bridgehead atoms. The molecule has 7 heteroatoms. The minimum absolute atomic E-state index is 0.128. The molecule has 1 fully saturated rings. The zero-order valence-corrected chi connectivity index (χ0v) is 11.2. The summed E-state index contributed by atoms with van der Waals surface area (Å²) in [7, 11) is 0. The van der Waals surface area contributed by atoms with Crippen molar-refractivity contribution < 1.29 is 13.7 Å². The molecular weight excluding hydrogens is 310 g/mol. The van der Waals surface area contributed by atoms with Crippen LogP contribution in [0.25, 0.3) is 0 Å². The molecule has 0 N–H and O–H groups in total. The quantitative estimate of drug-likeness (QED) is 0.618. The molecule has 0 aromatic heterocycles. The van der Waals surface area contributed by atoms with Gasteiger partial charge >= 0.3 is 0 Å². The van der Waals surface area contributed by atoms with E-state index >= 15 is 0 Å². The van der Waals surface area contributed by atoms with Gasteiger partial charge in [-0.2, -0.15) is 0 Å². The third kappa shape index (κ3) is 2.45. The summed E-state index contributed by atoms with van der Waals surface area (Å²) in [6.07, 6.45) is -0.268. The van der Waals surface area contributed by atoms with Crippen molar-refractivity contribution in [3.05, 3.63) is 32.3 Å². The van der Waals surface area contributed by atoms with Crippen molar-refractivity contribution in [2.45, 2.75) is 19.3 Å². The molecule has 1 aromatic carbocycles. The number of anilines is 1. The van der Waals surface area contributed by atoms with E-state index in [1.807, 2.05) is 0 Å². The summed E-state index contributed by atoms with van der Waals surface area (Å²) in [5, 5.41) is 11.0. The fraction of sp³-hybridized carbons (Fsp3) is 0.455. The van der Waals surface area contributed by atoms with Gasteiger partial charge in [0.2, 0.25) is 0 Å². The van der Waals surface area contributed by atoms with E-state index in [9.17, 15) is 18.9 Å². The van der Waals surface area contributed by atoms with Crippen molar-refractivity contribution in [3.63, 3.8) is 0 Å². The van der Waals surface area contributed by atoms with E-state index in [2.05, 4.69) is 15.9 Å². The Morgan fingerprint density at radius 2 is 2.17 bits per heavy atom. The van der Waals surface area contributed by atoms with Crippen molar-refractivity contribution in [2.75, 3.05) is 18.0 Å². The van der Waals surface area contributed by atoms with Crippen molar-refractivity contribution >= 4 is 27.3 Å². The second-order valence-corrected chi connectivity index (χ2v) is 5.23. The predicted molar refractivity (Wildman–Crippen MR) is 67.3 cm³/mol. The lowest BCUT2D eigenvalue weighted by atomic mass is 10.2. The van der Waals surface area contributed by atoms with Crippen molar-refractivity contribution in [2.24, 2.45) is 0 Å². The van der Waals surface area contributed by atoms with E-state index in [1.165, 1.54) is 17.0 Å². The average Bonchev–Trinajstić information content (AvgIpc) is 2.62. The maximum Gasteiger partial charge on any atom is 0.292 e. The summed E-state index contributed by atoms with van der Waals surface area (Å²) in [5.41, 5.74) is 0.819. The van der Waals surface area contributed by atoms with Crippen LogP contribution in [0.1, 0.15) is 12.0 Å². The Labute approximate surface area is 111 Å². The molecule has 0 radical (unpaired) electrons. The van der Waals surface area contributed by atoms with E-state index in [1.54, 1.807) is 6.92 Å². The number of rotatable bonds is 2. The maximum atomic E-state index is 13.2. The van der Waals surface area contributed by atoms with Gasteiger partial charge in [0.05, 0.1) is 11.5 Å². The zero-order chi connectivity index (χ0) is 13.5. The highest BCUT2D eigenvalue weighted by molar-refractivity contribution is 9.10. The van der Waals surface area contributed by atoms with Gasteiger partial charge in [-0.15, -0.1) is 0 Å². The van der Waals surface area contributed by atoms with Gasteiger partial charge in [0.1, 0.15) is 5.69 Å².